The summed E-state index contributed by atoms with van der Waals surface area (Å²) in [5, 5.41) is 31.6. The average Bonchev–Trinajstić information content (AvgIpc) is 2.88. The maximum Gasteiger partial charge on any atom is 0.475 e. The summed E-state index contributed by atoms with van der Waals surface area (Å²) in [7, 11) is -4.08. The molecule has 0 amide bonds. The topological polar surface area (TPSA) is 124 Å². The molecule has 2 fully saturated rings. The molecule has 6 atom stereocenters. The van der Waals surface area contributed by atoms with Gasteiger partial charge in [-0.3, -0.25) is 13.6 Å². The summed E-state index contributed by atoms with van der Waals surface area (Å²) in [6.45, 7) is 4.65. The van der Waals surface area contributed by atoms with Gasteiger partial charge in [0, 0.05) is 0 Å². The van der Waals surface area contributed by atoms with E-state index in [1.165, 1.54) is 64.2 Å². The van der Waals surface area contributed by atoms with Crippen LogP contribution in [0.1, 0.15) is 117 Å². The van der Waals surface area contributed by atoms with E-state index in [-0.39, 0.29) is 20.0 Å². The van der Waals surface area contributed by atoms with Gasteiger partial charge in [0.05, 0.1) is 13.2 Å². The van der Waals surface area contributed by atoms with Gasteiger partial charge in [-0.2, -0.15) is 0 Å². The molecule has 1 saturated carbocycles. The Hall–Kier alpha value is -0.0900. The van der Waals surface area contributed by atoms with E-state index in [0.29, 0.717) is 12.8 Å². The highest BCUT2D eigenvalue weighted by molar-refractivity contribution is 7.48. The number of rotatable bonds is 22. The number of hydrogen-bond acceptors (Lipinski definition) is 9. The quantitative estimate of drug-likeness (QED) is 0.116. The molecule has 1 aliphatic heterocycles. The van der Waals surface area contributed by atoms with Crippen LogP contribution < -0.4 is 0 Å². The molecule has 2 rings (SSSR count). The molecular formula is C27H53O9P. The van der Waals surface area contributed by atoms with Crippen molar-refractivity contribution in [3.8, 4) is 0 Å². The zero-order chi connectivity index (χ0) is 26.9. The van der Waals surface area contributed by atoms with E-state index in [9.17, 15) is 19.9 Å². The van der Waals surface area contributed by atoms with Crippen LogP contribution >= 0.6 is 7.82 Å². The van der Waals surface area contributed by atoms with Crippen LogP contribution in [-0.4, -0.2) is 72.0 Å². The van der Waals surface area contributed by atoms with Crippen LogP contribution in [0, 0.1) is 0 Å². The fourth-order valence-electron chi connectivity index (χ4n) is 4.95. The van der Waals surface area contributed by atoms with Crippen LogP contribution in [-0.2, 0) is 27.6 Å². The van der Waals surface area contributed by atoms with E-state index < -0.39 is 44.4 Å². The molecule has 1 heterocycles. The van der Waals surface area contributed by atoms with Crippen LogP contribution in [0.3, 0.4) is 0 Å². The molecule has 220 valence electrons. The molecule has 1 aliphatic carbocycles. The number of fused-ring (bicyclic) bond motifs is 2. The summed E-state index contributed by atoms with van der Waals surface area (Å²) in [6.07, 6.45) is 10.5. The van der Waals surface area contributed by atoms with Crippen molar-refractivity contribution < 1.29 is 42.9 Å². The monoisotopic (exact) mass is 552 g/mol. The fourth-order valence-corrected chi connectivity index (χ4v) is 6.40. The lowest BCUT2D eigenvalue weighted by atomic mass is 9.84. The predicted octanol–water partition coefficient (Wildman–Crippen LogP) is 5.63. The third-order valence-corrected chi connectivity index (χ3v) is 8.79. The summed E-state index contributed by atoms with van der Waals surface area (Å²) < 4.78 is 41.1. The summed E-state index contributed by atoms with van der Waals surface area (Å²) in [5.74, 6) is 0. The largest absolute Gasteiger partial charge is 0.475 e. The van der Waals surface area contributed by atoms with Crippen molar-refractivity contribution in [3.05, 3.63) is 0 Å². The van der Waals surface area contributed by atoms with Crippen molar-refractivity contribution in [2.24, 2.45) is 0 Å². The highest BCUT2D eigenvalue weighted by Gasteiger charge is 2.55. The molecule has 3 N–H and O–H groups in total. The van der Waals surface area contributed by atoms with Crippen molar-refractivity contribution in [1.82, 2.24) is 0 Å². The Bertz CT molecular complexity index is 579. The maximum atomic E-state index is 13.6. The van der Waals surface area contributed by atoms with Gasteiger partial charge in [0.25, 0.3) is 0 Å². The molecule has 9 nitrogen and oxygen atoms in total. The zero-order valence-electron chi connectivity index (χ0n) is 23.1. The normalized spacial score (nSPS) is 28.0. The van der Waals surface area contributed by atoms with E-state index >= 15 is 0 Å². The number of aliphatic hydroxyl groups is 3. The Labute approximate surface area is 224 Å². The van der Waals surface area contributed by atoms with Gasteiger partial charge in [0.15, 0.2) is 0 Å². The van der Waals surface area contributed by atoms with E-state index in [4.69, 9.17) is 23.0 Å². The Kier molecular flexibility index (Phi) is 17.1. The van der Waals surface area contributed by atoms with Crippen LogP contribution in [0.4, 0.5) is 0 Å². The summed E-state index contributed by atoms with van der Waals surface area (Å²) >= 11 is 0. The molecule has 0 aromatic carbocycles. The second-order valence-corrected chi connectivity index (χ2v) is 12.1. The summed E-state index contributed by atoms with van der Waals surface area (Å²) in [6, 6.07) is 0. The molecular weight excluding hydrogens is 499 g/mol. The fraction of sp³-hybridized carbons (Fsp3) is 1.00. The molecule has 10 heteroatoms. The van der Waals surface area contributed by atoms with Gasteiger partial charge in [-0.05, 0) is 12.8 Å². The number of phosphoric acid groups is 1. The predicted molar refractivity (Wildman–Crippen MR) is 142 cm³/mol. The van der Waals surface area contributed by atoms with Crippen molar-refractivity contribution >= 4 is 7.82 Å². The SMILES string of the molecule is CCCCCCCCCCOP(=O)(OCCCCCCCCCC)OC1[C@@H](O)[C@@H]2OCO[C@@H](C2O)[C@H]1O. The molecule has 2 bridgehead atoms. The van der Waals surface area contributed by atoms with E-state index in [1.807, 2.05) is 0 Å². The van der Waals surface area contributed by atoms with Crippen molar-refractivity contribution in [2.45, 2.75) is 153 Å². The van der Waals surface area contributed by atoms with Crippen LogP contribution in [0.25, 0.3) is 0 Å². The van der Waals surface area contributed by atoms with E-state index in [0.717, 1.165) is 25.7 Å². The molecule has 1 saturated heterocycles. The lowest BCUT2D eigenvalue weighted by Gasteiger charge is -2.48. The molecule has 2 unspecified atom stereocenters. The first-order valence-corrected chi connectivity index (χ1v) is 16.2. The van der Waals surface area contributed by atoms with Gasteiger partial charge >= 0.3 is 7.82 Å². The van der Waals surface area contributed by atoms with E-state index in [2.05, 4.69) is 13.8 Å². The Morgan fingerprint density at radius 3 is 1.41 bits per heavy atom. The smallest absolute Gasteiger partial charge is 0.387 e. The summed E-state index contributed by atoms with van der Waals surface area (Å²) in [5.41, 5.74) is 0. The van der Waals surface area contributed by atoms with Crippen LogP contribution in [0.5, 0.6) is 0 Å². The number of aliphatic hydroxyl groups excluding tert-OH is 3. The van der Waals surface area contributed by atoms with Crippen LogP contribution in [0.15, 0.2) is 0 Å². The first-order chi connectivity index (χ1) is 17.9. The van der Waals surface area contributed by atoms with Gasteiger partial charge in [-0.15, -0.1) is 0 Å². The van der Waals surface area contributed by atoms with Crippen molar-refractivity contribution in [2.75, 3.05) is 20.0 Å². The van der Waals surface area contributed by atoms with Crippen molar-refractivity contribution in [1.29, 1.82) is 0 Å². The maximum absolute atomic E-state index is 13.6. The number of phosphoric ester groups is 1. The third kappa shape index (κ3) is 11.9. The van der Waals surface area contributed by atoms with Crippen molar-refractivity contribution in [3.63, 3.8) is 0 Å². The van der Waals surface area contributed by atoms with E-state index in [1.54, 1.807) is 0 Å². The number of ether oxygens (including phenoxy) is 2. The lowest BCUT2D eigenvalue weighted by Crippen LogP contribution is -2.68. The molecule has 0 aromatic rings. The van der Waals surface area contributed by atoms with Gasteiger partial charge in [-0.25, -0.2) is 4.57 Å². The number of unbranched alkanes of at least 4 members (excludes halogenated alkanes) is 14. The molecule has 2 aliphatic rings. The Morgan fingerprint density at radius 2 is 1.00 bits per heavy atom. The zero-order valence-corrected chi connectivity index (χ0v) is 24.0. The third-order valence-electron chi connectivity index (χ3n) is 7.29. The van der Waals surface area contributed by atoms with Gasteiger partial charge < -0.3 is 24.8 Å². The first-order valence-electron chi connectivity index (χ1n) is 14.8. The Morgan fingerprint density at radius 1 is 0.622 bits per heavy atom. The molecule has 0 spiro atoms. The van der Waals surface area contributed by atoms with Gasteiger partial charge in [0.1, 0.15) is 43.4 Å². The van der Waals surface area contributed by atoms with Gasteiger partial charge in [-0.1, -0.05) is 104 Å². The van der Waals surface area contributed by atoms with Crippen LogP contribution in [0.2, 0.25) is 0 Å². The second kappa shape index (κ2) is 19.1. The lowest BCUT2D eigenvalue weighted by molar-refractivity contribution is -0.315. The molecule has 0 radical (unpaired) electrons. The average molecular weight is 553 g/mol. The minimum absolute atomic E-state index is 0.158. The Balaban J connectivity index is 1.82. The summed E-state index contributed by atoms with van der Waals surface area (Å²) in [4.78, 5) is 0. The highest BCUT2D eigenvalue weighted by Crippen LogP contribution is 2.53. The molecule has 0 aromatic heterocycles. The number of hydrogen-bond donors (Lipinski definition) is 3. The first kappa shape index (κ1) is 33.1. The minimum Gasteiger partial charge on any atom is -0.387 e. The second-order valence-electron chi connectivity index (χ2n) is 10.5. The van der Waals surface area contributed by atoms with Gasteiger partial charge in [0.2, 0.25) is 0 Å². The molecule has 37 heavy (non-hydrogen) atoms. The minimum atomic E-state index is -4.08. The highest BCUT2D eigenvalue weighted by atomic mass is 31.2. The standard InChI is InChI=1S/C27H53O9P/c1-3-5-7-9-11-13-15-17-19-34-37(31,35-20-18-16-14-12-10-8-6-4-2)36-27-23(29)25-22(28)26(24(27)30)33-21-32-25/h22-30H,3-21H2,1-2H3/t22?,23-,24+,25+,26-,27?.